The first-order valence-electron chi connectivity index (χ1n) is 48.8. The fourth-order valence-corrected chi connectivity index (χ4v) is 21.9. The Morgan fingerprint density at radius 1 is 0.120 bits per heavy atom. The number of nitrogens with zero attached hydrogens (tertiary/aromatic N) is 15. The predicted molar refractivity (Wildman–Crippen MR) is 600 cm³/mol. The molecule has 0 fully saturated rings. The average Bonchev–Trinajstić information content (AvgIpc) is 1.56. The molecule has 6 heterocycles. The monoisotopic (exact) mass is 1910 g/mol. The summed E-state index contributed by atoms with van der Waals surface area (Å²) in [4.78, 5) is 0. The minimum absolute atomic E-state index is 0.555. The fraction of sp³-hybridized carbons (Fsp3) is 0. The van der Waals surface area contributed by atoms with E-state index in [0.717, 1.165) is 216 Å². The van der Waals surface area contributed by atoms with Crippen molar-refractivity contribution in [1.29, 1.82) is 47.4 Å². The lowest BCUT2D eigenvalue weighted by Crippen LogP contribution is -1.97. The first-order valence-corrected chi connectivity index (χ1v) is 48.8. The molecule has 0 spiro atoms. The van der Waals surface area contributed by atoms with Crippen molar-refractivity contribution in [3.63, 3.8) is 0 Å². The molecule has 0 aliphatic heterocycles. The van der Waals surface area contributed by atoms with Gasteiger partial charge in [-0.15, -0.1) is 0 Å². The molecule has 0 saturated carbocycles. The molecule has 0 aliphatic carbocycles. The van der Waals surface area contributed by atoms with Gasteiger partial charge in [-0.2, -0.15) is 47.4 Å². The smallest absolute Gasteiger partial charge is 0.0998 e. The quantitative estimate of drug-likeness (QED) is 0.113. The van der Waals surface area contributed by atoms with Crippen LogP contribution < -0.4 is 0 Å². The van der Waals surface area contributed by atoms with Crippen LogP contribution in [0.15, 0.2) is 455 Å². The van der Waals surface area contributed by atoms with Crippen molar-refractivity contribution in [3.8, 4) is 156 Å². The second kappa shape index (κ2) is 37.0. The molecule has 0 amide bonds. The molecule has 15 nitrogen and oxygen atoms in total. The molecule has 0 unspecified atom stereocenters. The maximum atomic E-state index is 10.1. The Morgan fingerprint density at radius 3 is 0.660 bits per heavy atom. The van der Waals surface area contributed by atoms with Crippen LogP contribution in [0, 0.1) is 102 Å². The Hall–Kier alpha value is -22.2. The van der Waals surface area contributed by atoms with Crippen molar-refractivity contribution in [2.24, 2.45) is 0 Å². The lowest BCUT2D eigenvalue weighted by atomic mass is 9.94. The van der Waals surface area contributed by atoms with Crippen molar-refractivity contribution in [3.05, 3.63) is 505 Å². The summed E-state index contributed by atoms with van der Waals surface area (Å²) in [5.74, 6) is 0. The van der Waals surface area contributed by atoms with E-state index in [2.05, 4.69) is 337 Å². The Balaban J connectivity index is 0.000000116. The molecular weight excluding hydrogens is 1830 g/mol. The van der Waals surface area contributed by atoms with E-state index in [-0.39, 0.29) is 0 Å². The summed E-state index contributed by atoms with van der Waals surface area (Å²) < 4.78 is 13.5. The lowest BCUT2D eigenvalue weighted by molar-refractivity contribution is 1.18. The van der Waals surface area contributed by atoms with E-state index < -0.39 is 0 Å². The topological polar surface area (TPSA) is 244 Å². The fourth-order valence-electron chi connectivity index (χ4n) is 21.9. The second-order valence-corrected chi connectivity index (χ2v) is 37.2. The van der Waals surface area contributed by atoms with E-state index >= 15 is 0 Å². The van der Waals surface area contributed by atoms with Gasteiger partial charge in [-0.05, 0) is 352 Å². The zero-order valence-corrected chi connectivity index (χ0v) is 80.0. The predicted octanol–water partition coefficient (Wildman–Crippen LogP) is 32.5. The van der Waals surface area contributed by atoms with Crippen LogP contribution in [0.5, 0.6) is 0 Å². The van der Waals surface area contributed by atoms with Gasteiger partial charge in [0.1, 0.15) is 0 Å². The number of rotatable bonds is 12. The Labute approximate surface area is 860 Å². The number of para-hydroxylation sites is 6. The summed E-state index contributed by atoms with van der Waals surface area (Å²) in [6, 6.07) is 174. The molecule has 690 valence electrons. The van der Waals surface area contributed by atoms with Gasteiger partial charge in [0.2, 0.25) is 0 Å². The summed E-state index contributed by atoms with van der Waals surface area (Å²) in [5.41, 5.74) is 35.6. The standard InChI is InChI=1S/3C45H25N5/c46-26-29-7-6-8-32(19-29)34-22-35(33-15-18-45-41(25-33)38-11-4-5-12-42(38)49(45)36-9-2-1-3-10-36)24-37(23-34)50-43-16-13-30(27-47)20-39(43)40-21-31(28-48)14-17-44(40)50;46-26-29-14-17-43-39(20-29)40-21-30(27-47)15-18-44(40)50(43)36-23-33(22-34(24-36)37-11-5-4-8-32(37)28-48)31-16-19-45-41(25-31)38-12-6-7-13-42(38)49(45)35-9-2-1-3-10-35;46-26-29-10-14-32(15-11-29)34-22-35(33-16-19-45-41(25-33)38-8-4-5-9-42(38)49(45)36-6-2-1-3-7-36)24-37(23-34)50-43-17-12-30(27-47)20-39(43)40-21-31(28-48)13-18-44(40)50/h3*1-25H. The minimum atomic E-state index is 0.555. The van der Waals surface area contributed by atoms with E-state index in [9.17, 15) is 47.4 Å². The summed E-state index contributed by atoms with van der Waals surface area (Å²) in [7, 11) is 0. The third-order valence-electron chi connectivity index (χ3n) is 28.7. The number of aromatic nitrogens is 6. The third kappa shape index (κ3) is 15.4. The number of fused-ring (bicyclic) bond motifs is 18. The van der Waals surface area contributed by atoms with Gasteiger partial charge < -0.3 is 27.4 Å². The van der Waals surface area contributed by atoms with Gasteiger partial charge in [0, 0.05) is 98.8 Å². The van der Waals surface area contributed by atoms with E-state index in [1.807, 2.05) is 200 Å². The van der Waals surface area contributed by atoms with Crippen LogP contribution >= 0.6 is 0 Å². The molecule has 0 N–H and O–H groups in total. The molecule has 0 atom stereocenters. The highest BCUT2D eigenvalue weighted by Crippen LogP contribution is 2.47. The molecule has 150 heavy (non-hydrogen) atoms. The van der Waals surface area contributed by atoms with Gasteiger partial charge >= 0.3 is 0 Å². The van der Waals surface area contributed by atoms with Crippen LogP contribution in [0.1, 0.15) is 50.1 Å². The molecule has 6 aromatic heterocycles. The highest BCUT2D eigenvalue weighted by Gasteiger charge is 2.26. The normalized spacial score (nSPS) is 11.1. The summed E-state index contributed by atoms with van der Waals surface area (Å²) in [6.07, 6.45) is 0. The molecule has 27 rings (SSSR count). The Morgan fingerprint density at radius 2 is 0.347 bits per heavy atom. The van der Waals surface area contributed by atoms with Crippen LogP contribution in [0.4, 0.5) is 0 Å². The molecule has 27 aromatic rings. The Bertz CT molecular complexity index is 10600. The Kier molecular flexibility index (Phi) is 22.0. The van der Waals surface area contributed by atoms with Crippen LogP contribution in [0.3, 0.4) is 0 Å². The van der Waals surface area contributed by atoms with Crippen molar-refractivity contribution in [2.45, 2.75) is 0 Å². The molecule has 15 heteroatoms. The average molecular weight is 1910 g/mol. The molecule has 0 bridgehead atoms. The summed E-state index contributed by atoms with van der Waals surface area (Å²) >= 11 is 0. The van der Waals surface area contributed by atoms with E-state index in [1.54, 1.807) is 0 Å². The SMILES string of the molecule is N#Cc1ccc(-c2cc(-c3ccc4c(c3)c3ccccc3n4-c3ccccc3)cc(-n3c4ccc(C#N)cc4c4cc(C#N)ccc43)c2)cc1.N#Cc1ccc2c(c1)c1cc(C#N)ccc1n2-c1cc(-c2ccc3c(c2)c2ccccc2n3-c2ccccc2)cc(-c2ccccc2C#N)c1.N#Cc1cccc(-c2cc(-c3ccc4c(c3)c3ccccc3n4-c3ccccc3)cc(-n3c4ccc(C#N)cc4c4cc(C#N)ccc43)c2)c1. The first-order chi connectivity index (χ1) is 73.9. The van der Waals surface area contributed by atoms with Gasteiger partial charge in [-0.3, -0.25) is 0 Å². The van der Waals surface area contributed by atoms with Gasteiger partial charge in [0.05, 0.1) is 171 Å². The molecule has 21 aromatic carbocycles. The number of hydrogen-bond acceptors (Lipinski definition) is 9. The van der Waals surface area contributed by atoms with Gasteiger partial charge in [0.25, 0.3) is 0 Å². The minimum Gasteiger partial charge on any atom is -0.309 e. The van der Waals surface area contributed by atoms with E-state index in [1.165, 1.54) is 16.2 Å². The number of nitriles is 9. The zero-order valence-electron chi connectivity index (χ0n) is 80.0. The van der Waals surface area contributed by atoms with Crippen molar-refractivity contribution < 1.29 is 0 Å². The van der Waals surface area contributed by atoms with Gasteiger partial charge in [0.15, 0.2) is 0 Å². The largest absolute Gasteiger partial charge is 0.309 e. The lowest BCUT2D eigenvalue weighted by Gasteiger charge is -2.15. The van der Waals surface area contributed by atoms with Crippen LogP contribution in [-0.4, -0.2) is 27.4 Å². The van der Waals surface area contributed by atoms with E-state index in [0.29, 0.717) is 50.1 Å². The van der Waals surface area contributed by atoms with Gasteiger partial charge in [-0.25, -0.2) is 0 Å². The maximum Gasteiger partial charge on any atom is 0.0998 e. The first kappa shape index (κ1) is 89.2. The molecule has 0 aliphatic rings. The van der Waals surface area contributed by atoms with Crippen molar-refractivity contribution in [2.75, 3.05) is 0 Å². The van der Waals surface area contributed by atoms with Crippen molar-refractivity contribution >= 4 is 131 Å². The molecule has 0 saturated heterocycles. The zero-order chi connectivity index (χ0) is 101. The molecular formula is C135H75N15. The number of benzene rings is 21. The van der Waals surface area contributed by atoms with Crippen LogP contribution in [-0.2, 0) is 0 Å². The maximum absolute atomic E-state index is 10.1. The highest BCUT2D eigenvalue weighted by molar-refractivity contribution is 6.17. The van der Waals surface area contributed by atoms with Crippen molar-refractivity contribution in [1.82, 2.24) is 27.4 Å². The second-order valence-electron chi connectivity index (χ2n) is 37.2. The molecule has 0 radical (unpaired) electrons. The number of hydrogen-bond donors (Lipinski definition) is 0. The van der Waals surface area contributed by atoms with Crippen LogP contribution in [0.25, 0.3) is 232 Å². The summed E-state index contributed by atoms with van der Waals surface area (Å²) in [6.45, 7) is 0. The third-order valence-corrected chi connectivity index (χ3v) is 28.7. The van der Waals surface area contributed by atoms with E-state index in [4.69, 9.17) is 0 Å². The van der Waals surface area contributed by atoms with Gasteiger partial charge in [-0.1, -0.05) is 170 Å². The highest BCUT2D eigenvalue weighted by atomic mass is 15.0. The van der Waals surface area contributed by atoms with Crippen LogP contribution in [0.2, 0.25) is 0 Å². The summed E-state index contributed by atoms with van der Waals surface area (Å²) in [5, 5.41) is 100.